The molecule has 21 heavy (non-hydrogen) atoms. The minimum absolute atomic E-state index is 0.0486. The van der Waals surface area contributed by atoms with Gasteiger partial charge in [-0.3, -0.25) is 9.59 Å². The second-order valence-corrected chi connectivity index (χ2v) is 5.66. The van der Waals surface area contributed by atoms with Gasteiger partial charge in [-0.25, -0.2) is 0 Å². The number of ether oxygens (including phenoxy) is 1. The minimum atomic E-state index is -0.214. The lowest BCUT2D eigenvalue weighted by atomic mass is 10.1. The predicted octanol–water partition coefficient (Wildman–Crippen LogP) is 3.15. The number of thiophene rings is 1. The van der Waals surface area contributed by atoms with Gasteiger partial charge in [-0.05, 0) is 42.6 Å². The normalized spacial score (nSPS) is 11.7. The zero-order chi connectivity index (χ0) is 15.2. The number of nitrogens with one attached hydrogen (secondary N) is 1. The van der Waals surface area contributed by atoms with Crippen molar-refractivity contribution in [3.8, 4) is 5.75 Å². The molecule has 110 valence electrons. The first-order valence-electron chi connectivity index (χ1n) is 6.61. The van der Waals surface area contributed by atoms with Crippen LogP contribution in [0.25, 0.3) is 0 Å². The highest BCUT2D eigenvalue weighted by molar-refractivity contribution is 7.12. The Hall–Kier alpha value is -2.14. The molecule has 0 saturated heterocycles. The highest BCUT2D eigenvalue weighted by atomic mass is 32.1. The Morgan fingerprint density at radius 2 is 1.95 bits per heavy atom. The number of carbonyl (C=O) groups excluding carboxylic acids is 2. The molecule has 1 atom stereocenters. The Kier molecular flexibility index (Phi) is 5.11. The van der Waals surface area contributed by atoms with Crippen molar-refractivity contribution in [2.75, 3.05) is 7.11 Å². The number of hydrogen-bond donors (Lipinski definition) is 1. The molecule has 0 fully saturated rings. The average Bonchev–Trinajstić information content (AvgIpc) is 3.01. The third-order valence-electron chi connectivity index (χ3n) is 3.02. The van der Waals surface area contributed by atoms with Crippen LogP contribution in [0, 0.1) is 0 Å². The number of Topliss-reactive ketones (excluding diaryl/α,β-unsaturated/α-hetero) is 1. The third kappa shape index (κ3) is 4.16. The molecule has 5 heteroatoms. The van der Waals surface area contributed by atoms with Crippen molar-refractivity contribution in [1.29, 1.82) is 0 Å². The summed E-state index contributed by atoms with van der Waals surface area (Å²) < 4.78 is 5.05. The van der Waals surface area contributed by atoms with Crippen molar-refractivity contribution < 1.29 is 14.3 Å². The average molecular weight is 303 g/mol. The van der Waals surface area contributed by atoms with Crippen molar-refractivity contribution in [2.24, 2.45) is 0 Å². The van der Waals surface area contributed by atoms with Crippen LogP contribution in [0.1, 0.15) is 33.4 Å². The maximum Gasteiger partial charge on any atom is 0.251 e. The number of ketones is 1. The monoisotopic (exact) mass is 303 g/mol. The molecule has 2 rings (SSSR count). The lowest BCUT2D eigenvalue weighted by Crippen LogP contribution is -2.34. The molecule has 0 aliphatic heterocycles. The second-order valence-electron chi connectivity index (χ2n) is 4.71. The molecule has 0 bridgehead atoms. The summed E-state index contributed by atoms with van der Waals surface area (Å²) >= 11 is 1.42. The van der Waals surface area contributed by atoms with Crippen LogP contribution in [0.4, 0.5) is 0 Å². The van der Waals surface area contributed by atoms with Gasteiger partial charge in [0.15, 0.2) is 5.78 Å². The van der Waals surface area contributed by atoms with Gasteiger partial charge in [-0.15, -0.1) is 11.3 Å². The molecule has 0 unspecified atom stereocenters. The Morgan fingerprint density at radius 1 is 1.24 bits per heavy atom. The van der Waals surface area contributed by atoms with Crippen molar-refractivity contribution in [3.63, 3.8) is 0 Å². The number of hydrogen-bond acceptors (Lipinski definition) is 4. The fraction of sp³-hybridized carbons (Fsp3) is 0.250. The third-order valence-corrected chi connectivity index (χ3v) is 3.93. The van der Waals surface area contributed by atoms with E-state index >= 15 is 0 Å². The first-order valence-corrected chi connectivity index (χ1v) is 7.49. The Labute approximate surface area is 127 Å². The van der Waals surface area contributed by atoms with Crippen LogP contribution in [0.2, 0.25) is 0 Å². The molecule has 1 aromatic carbocycles. The van der Waals surface area contributed by atoms with Crippen LogP contribution in [-0.4, -0.2) is 24.8 Å². The zero-order valence-corrected chi connectivity index (χ0v) is 12.8. The molecule has 1 N–H and O–H groups in total. The Balaban J connectivity index is 1.90. The van der Waals surface area contributed by atoms with Crippen molar-refractivity contribution >= 4 is 23.0 Å². The maximum atomic E-state index is 12.1. The van der Waals surface area contributed by atoms with Gasteiger partial charge in [0, 0.05) is 18.0 Å². The Bertz CT molecular complexity index is 605. The summed E-state index contributed by atoms with van der Waals surface area (Å²) in [6.45, 7) is 1.83. The zero-order valence-electron chi connectivity index (χ0n) is 12.0. The van der Waals surface area contributed by atoms with Crippen LogP contribution in [0.5, 0.6) is 5.75 Å². The molecule has 0 aliphatic rings. The van der Waals surface area contributed by atoms with Gasteiger partial charge in [-0.2, -0.15) is 0 Å². The summed E-state index contributed by atoms with van der Waals surface area (Å²) in [5.41, 5.74) is 0.547. The van der Waals surface area contributed by atoms with Crippen LogP contribution < -0.4 is 10.1 Å². The molecule has 2 aromatic rings. The standard InChI is InChI=1S/C16H17NO3S/c1-11(10-14(18)15-4-3-9-21-15)17-16(19)12-5-7-13(20-2)8-6-12/h3-9,11H,10H2,1-2H3,(H,17,19)/t11-/m0/s1. The van der Waals surface area contributed by atoms with Gasteiger partial charge in [0.25, 0.3) is 5.91 Å². The van der Waals surface area contributed by atoms with Crippen LogP contribution in [-0.2, 0) is 0 Å². The van der Waals surface area contributed by atoms with Crippen molar-refractivity contribution in [2.45, 2.75) is 19.4 Å². The number of methoxy groups -OCH3 is 1. The minimum Gasteiger partial charge on any atom is -0.497 e. The molecular weight excluding hydrogens is 286 g/mol. The van der Waals surface area contributed by atoms with E-state index in [0.29, 0.717) is 17.7 Å². The molecule has 1 heterocycles. The number of rotatable bonds is 6. The molecule has 0 aliphatic carbocycles. The fourth-order valence-corrected chi connectivity index (χ4v) is 2.59. The smallest absolute Gasteiger partial charge is 0.251 e. The van der Waals surface area contributed by atoms with E-state index in [0.717, 1.165) is 4.88 Å². The topological polar surface area (TPSA) is 55.4 Å². The van der Waals surface area contributed by atoms with E-state index in [9.17, 15) is 9.59 Å². The lowest BCUT2D eigenvalue weighted by Gasteiger charge is -2.13. The fourth-order valence-electron chi connectivity index (χ4n) is 1.92. The number of carbonyl (C=O) groups is 2. The van der Waals surface area contributed by atoms with Crippen LogP contribution >= 0.6 is 11.3 Å². The van der Waals surface area contributed by atoms with E-state index in [2.05, 4.69) is 5.32 Å². The Morgan fingerprint density at radius 3 is 2.52 bits per heavy atom. The highest BCUT2D eigenvalue weighted by Gasteiger charge is 2.15. The molecule has 1 aromatic heterocycles. The number of benzene rings is 1. The van der Waals surface area contributed by atoms with Gasteiger partial charge in [-0.1, -0.05) is 6.07 Å². The van der Waals surface area contributed by atoms with E-state index in [1.165, 1.54) is 11.3 Å². The SMILES string of the molecule is COc1ccc(C(=O)N[C@@H](C)CC(=O)c2cccs2)cc1. The summed E-state index contributed by atoms with van der Waals surface area (Å²) in [6.07, 6.45) is 0.294. The van der Waals surface area contributed by atoms with Gasteiger partial charge in [0.1, 0.15) is 5.75 Å². The van der Waals surface area contributed by atoms with Crippen LogP contribution in [0.3, 0.4) is 0 Å². The summed E-state index contributed by atoms with van der Waals surface area (Å²) in [5, 5.41) is 4.70. The molecule has 0 saturated carbocycles. The lowest BCUT2D eigenvalue weighted by molar-refractivity contribution is 0.0919. The van der Waals surface area contributed by atoms with E-state index in [-0.39, 0.29) is 17.7 Å². The molecule has 0 radical (unpaired) electrons. The predicted molar refractivity (Wildman–Crippen MR) is 83.2 cm³/mol. The summed E-state index contributed by atoms with van der Waals surface area (Å²) in [6, 6.07) is 10.3. The largest absolute Gasteiger partial charge is 0.497 e. The summed E-state index contributed by atoms with van der Waals surface area (Å²) in [4.78, 5) is 24.7. The van der Waals surface area contributed by atoms with E-state index in [4.69, 9.17) is 4.74 Å². The summed E-state index contributed by atoms with van der Waals surface area (Å²) in [5.74, 6) is 0.559. The molecule has 4 nitrogen and oxygen atoms in total. The van der Waals surface area contributed by atoms with Crippen molar-refractivity contribution in [1.82, 2.24) is 5.32 Å². The van der Waals surface area contributed by atoms with E-state index in [1.54, 1.807) is 37.4 Å². The maximum absolute atomic E-state index is 12.1. The van der Waals surface area contributed by atoms with Gasteiger partial charge in [0.2, 0.25) is 0 Å². The number of amides is 1. The van der Waals surface area contributed by atoms with Crippen molar-refractivity contribution in [3.05, 3.63) is 52.2 Å². The molecule has 0 spiro atoms. The summed E-state index contributed by atoms with van der Waals surface area (Å²) in [7, 11) is 1.58. The van der Waals surface area contributed by atoms with E-state index < -0.39 is 0 Å². The second kappa shape index (κ2) is 7.04. The first-order chi connectivity index (χ1) is 10.1. The highest BCUT2D eigenvalue weighted by Crippen LogP contribution is 2.14. The van der Waals surface area contributed by atoms with Gasteiger partial charge in [0.05, 0.1) is 12.0 Å². The quantitative estimate of drug-likeness (QED) is 0.834. The van der Waals surface area contributed by atoms with Gasteiger partial charge < -0.3 is 10.1 Å². The van der Waals surface area contributed by atoms with Crippen LogP contribution in [0.15, 0.2) is 41.8 Å². The van der Waals surface area contributed by atoms with E-state index in [1.807, 2.05) is 18.4 Å². The van der Waals surface area contributed by atoms with Gasteiger partial charge >= 0.3 is 0 Å². The molecule has 1 amide bonds. The molecular formula is C16H17NO3S. The first kappa shape index (κ1) is 15.3.